The van der Waals surface area contributed by atoms with Crippen LogP contribution in [0.2, 0.25) is 0 Å². The third-order valence-corrected chi connectivity index (χ3v) is 2.19. The van der Waals surface area contributed by atoms with E-state index >= 15 is 0 Å². The van der Waals surface area contributed by atoms with E-state index in [1.54, 1.807) is 26.3 Å². The number of aryl methyl sites for hydroxylation is 2. The highest BCUT2D eigenvalue weighted by molar-refractivity contribution is 5.96. The van der Waals surface area contributed by atoms with Crippen LogP contribution < -0.4 is 5.48 Å². The van der Waals surface area contributed by atoms with Crippen molar-refractivity contribution in [3.8, 4) is 0 Å². The van der Waals surface area contributed by atoms with E-state index in [1.165, 1.54) is 0 Å². The number of hydroxylamine groups is 1. The van der Waals surface area contributed by atoms with Crippen molar-refractivity contribution in [3.63, 3.8) is 0 Å². The minimum Gasteiger partial charge on any atom is -0.466 e. The van der Waals surface area contributed by atoms with Gasteiger partial charge in [-0.25, -0.2) is 5.48 Å². The summed E-state index contributed by atoms with van der Waals surface area (Å²) in [6, 6.07) is 0. The van der Waals surface area contributed by atoms with Crippen molar-refractivity contribution in [2.24, 2.45) is 0 Å². The van der Waals surface area contributed by atoms with Crippen molar-refractivity contribution >= 4 is 5.91 Å². The fourth-order valence-corrected chi connectivity index (χ4v) is 1.36. The molecule has 0 saturated carbocycles. The Morgan fingerprint density at radius 1 is 1.29 bits per heavy atom. The molecular formula is C10H12F3NO3. The van der Waals surface area contributed by atoms with Crippen LogP contribution in [0.5, 0.6) is 0 Å². The predicted molar refractivity (Wildman–Crippen MR) is 52.4 cm³/mol. The largest absolute Gasteiger partial charge is 0.466 e. The highest BCUT2D eigenvalue weighted by atomic mass is 19.4. The van der Waals surface area contributed by atoms with Crippen molar-refractivity contribution in [2.75, 3.05) is 6.61 Å². The number of amides is 1. The summed E-state index contributed by atoms with van der Waals surface area (Å²) in [7, 11) is 0. The lowest BCUT2D eigenvalue weighted by Gasteiger charge is -2.08. The van der Waals surface area contributed by atoms with Crippen LogP contribution in [0.3, 0.4) is 0 Å². The molecule has 0 spiro atoms. The number of carbonyl (C=O) groups excluding carboxylic acids is 1. The molecule has 1 amide bonds. The molecule has 1 N–H and O–H groups in total. The first-order valence-electron chi connectivity index (χ1n) is 4.78. The van der Waals surface area contributed by atoms with E-state index in [0.29, 0.717) is 17.1 Å². The third-order valence-electron chi connectivity index (χ3n) is 2.19. The number of carbonyl (C=O) groups is 1. The van der Waals surface area contributed by atoms with Crippen LogP contribution >= 0.6 is 0 Å². The summed E-state index contributed by atoms with van der Waals surface area (Å²) < 4.78 is 40.5. The highest BCUT2D eigenvalue weighted by Gasteiger charge is 2.28. The minimum absolute atomic E-state index is 0.199. The molecule has 0 bridgehead atoms. The molecule has 0 unspecified atom stereocenters. The molecule has 17 heavy (non-hydrogen) atoms. The first-order chi connectivity index (χ1) is 7.72. The van der Waals surface area contributed by atoms with E-state index in [0.717, 1.165) is 0 Å². The zero-order valence-corrected chi connectivity index (χ0v) is 9.57. The molecule has 7 heteroatoms. The number of halogens is 3. The number of rotatable bonds is 3. The quantitative estimate of drug-likeness (QED) is 0.839. The van der Waals surface area contributed by atoms with Gasteiger partial charge in [0.25, 0.3) is 5.91 Å². The summed E-state index contributed by atoms with van der Waals surface area (Å²) >= 11 is 0. The van der Waals surface area contributed by atoms with Crippen LogP contribution in [0.4, 0.5) is 13.2 Å². The molecule has 96 valence electrons. The van der Waals surface area contributed by atoms with Crippen molar-refractivity contribution < 1.29 is 27.2 Å². The van der Waals surface area contributed by atoms with Crippen LogP contribution in [0.1, 0.15) is 27.4 Å². The maximum atomic E-state index is 11.8. The summed E-state index contributed by atoms with van der Waals surface area (Å²) in [6.45, 7) is 3.33. The van der Waals surface area contributed by atoms with Gasteiger partial charge in [-0.15, -0.1) is 0 Å². The van der Waals surface area contributed by atoms with Crippen LogP contribution in [0.15, 0.2) is 4.42 Å². The van der Waals surface area contributed by atoms with E-state index in [2.05, 4.69) is 4.84 Å². The molecule has 0 radical (unpaired) electrons. The second-order valence-electron chi connectivity index (χ2n) is 3.55. The molecular weight excluding hydrogens is 239 g/mol. The Hall–Kier alpha value is -1.50. The fraction of sp³-hybridized carbons (Fsp3) is 0.500. The summed E-state index contributed by atoms with van der Waals surface area (Å²) in [5.74, 6) is 0.137. The molecule has 0 fully saturated rings. The number of furan rings is 1. The summed E-state index contributed by atoms with van der Waals surface area (Å²) in [4.78, 5) is 15.6. The molecule has 1 heterocycles. The van der Waals surface area contributed by atoms with Crippen molar-refractivity contribution in [3.05, 3.63) is 22.6 Å². The zero-order valence-electron chi connectivity index (χ0n) is 9.57. The molecule has 0 aliphatic carbocycles. The van der Waals surface area contributed by atoms with Crippen LogP contribution in [-0.2, 0) is 4.84 Å². The lowest BCUT2D eigenvalue weighted by molar-refractivity contribution is -0.184. The topological polar surface area (TPSA) is 51.5 Å². The average molecular weight is 251 g/mol. The van der Waals surface area contributed by atoms with Crippen LogP contribution in [0, 0.1) is 20.8 Å². The second kappa shape index (κ2) is 4.79. The molecule has 0 aliphatic rings. The minimum atomic E-state index is -4.48. The normalized spacial score (nSPS) is 11.6. The SMILES string of the molecule is Cc1oc(C)c(C(=O)NOCC(F)(F)F)c1C. The van der Waals surface area contributed by atoms with E-state index in [9.17, 15) is 18.0 Å². The third kappa shape index (κ3) is 3.48. The molecule has 1 rings (SSSR count). The van der Waals surface area contributed by atoms with Gasteiger partial charge in [-0.1, -0.05) is 0 Å². The number of hydrogen-bond donors (Lipinski definition) is 1. The van der Waals surface area contributed by atoms with Gasteiger partial charge in [0.1, 0.15) is 11.5 Å². The summed E-state index contributed by atoms with van der Waals surface area (Å²) in [6.07, 6.45) is -4.48. The highest BCUT2D eigenvalue weighted by Crippen LogP contribution is 2.20. The lowest BCUT2D eigenvalue weighted by Crippen LogP contribution is -2.30. The second-order valence-corrected chi connectivity index (χ2v) is 3.55. The van der Waals surface area contributed by atoms with Gasteiger partial charge in [-0.2, -0.15) is 13.2 Å². The number of alkyl halides is 3. The smallest absolute Gasteiger partial charge is 0.414 e. The molecule has 1 aromatic rings. The molecule has 0 aliphatic heterocycles. The maximum absolute atomic E-state index is 11.8. The Morgan fingerprint density at radius 2 is 1.88 bits per heavy atom. The Bertz CT molecular complexity index is 423. The van der Waals surface area contributed by atoms with Gasteiger partial charge in [0.15, 0.2) is 6.61 Å². The van der Waals surface area contributed by atoms with Crippen LogP contribution in [-0.4, -0.2) is 18.7 Å². The Labute approximate surface area is 95.7 Å². The standard InChI is InChI=1S/C10H12F3NO3/c1-5-6(2)17-7(3)8(5)9(15)14-16-4-10(11,12)13/h4H2,1-3H3,(H,14,15). The monoisotopic (exact) mass is 251 g/mol. The van der Waals surface area contributed by atoms with Gasteiger partial charge in [-0.3, -0.25) is 9.63 Å². The van der Waals surface area contributed by atoms with Gasteiger partial charge in [0, 0.05) is 5.56 Å². The lowest BCUT2D eigenvalue weighted by atomic mass is 10.1. The van der Waals surface area contributed by atoms with Gasteiger partial charge in [0.05, 0.1) is 5.56 Å². The fourth-order valence-electron chi connectivity index (χ4n) is 1.36. The first kappa shape index (κ1) is 13.6. The Morgan fingerprint density at radius 3 is 2.29 bits per heavy atom. The van der Waals surface area contributed by atoms with Gasteiger partial charge in [0.2, 0.25) is 0 Å². The van der Waals surface area contributed by atoms with Gasteiger partial charge in [-0.05, 0) is 20.8 Å². The molecule has 0 saturated heterocycles. The molecule has 1 aromatic heterocycles. The van der Waals surface area contributed by atoms with Crippen LogP contribution in [0.25, 0.3) is 0 Å². The van der Waals surface area contributed by atoms with Crippen molar-refractivity contribution in [1.29, 1.82) is 0 Å². The van der Waals surface area contributed by atoms with E-state index < -0.39 is 18.7 Å². The number of nitrogens with one attached hydrogen (secondary N) is 1. The van der Waals surface area contributed by atoms with Gasteiger partial charge >= 0.3 is 6.18 Å². The Balaban J connectivity index is 2.65. The molecule has 4 nitrogen and oxygen atoms in total. The average Bonchev–Trinajstić information content (AvgIpc) is 2.38. The summed E-state index contributed by atoms with van der Waals surface area (Å²) in [5.41, 5.74) is 2.51. The van der Waals surface area contributed by atoms with E-state index in [4.69, 9.17) is 4.42 Å². The van der Waals surface area contributed by atoms with E-state index in [1.807, 2.05) is 0 Å². The van der Waals surface area contributed by atoms with E-state index in [-0.39, 0.29) is 5.56 Å². The maximum Gasteiger partial charge on any atom is 0.414 e. The van der Waals surface area contributed by atoms with Crippen molar-refractivity contribution in [2.45, 2.75) is 26.9 Å². The van der Waals surface area contributed by atoms with Gasteiger partial charge < -0.3 is 4.42 Å². The predicted octanol–water partition coefficient (Wildman–Crippen LogP) is 2.43. The zero-order chi connectivity index (χ0) is 13.2. The molecule has 0 atom stereocenters. The number of hydrogen-bond acceptors (Lipinski definition) is 3. The molecule has 0 aromatic carbocycles. The Kier molecular flexibility index (Phi) is 3.82. The first-order valence-corrected chi connectivity index (χ1v) is 4.78. The van der Waals surface area contributed by atoms with Crippen molar-refractivity contribution in [1.82, 2.24) is 5.48 Å². The summed E-state index contributed by atoms with van der Waals surface area (Å²) in [5, 5.41) is 0.